The fraction of sp³-hybridized carbons (Fsp3) is 0.474. The summed E-state index contributed by atoms with van der Waals surface area (Å²) in [7, 11) is 0. The minimum Gasteiger partial charge on any atom is -0.450 e. The van der Waals surface area contributed by atoms with Gasteiger partial charge in [-0.1, -0.05) is 18.2 Å². The molecule has 1 aromatic carbocycles. The van der Waals surface area contributed by atoms with Gasteiger partial charge in [0.15, 0.2) is 11.8 Å². The number of carbonyl (C=O) groups is 1. The number of ether oxygens (including phenoxy) is 1. The Morgan fingerprint density at radius 1 is 1.25 bits per heavy atom. The number of H-pyrrole nitrogens is 1. The van der Waals surface area contributed by atoms with E-state index in [1.165, 1.54) is 6.33 Å². The van der Waals surface area contributed by atoms with Crippen LogP contribution in [0.2, 0.25) is 0 Å². The van der Waals surface area contributed by atoms with E-state index in [4.69, 9.17) is 9.73 Å². The number of hydrogen-bond donors (Lipinski definition) is 2. The van der Waals surface area contributed by atoms with Crippen LogP contribution < -0.4 is 5.32 Å². The van der Waals surface area contributed by atoms with Crippen molar-refractivity contribution in [1.29, 1.82) is 0 Å². The number of hydrogen-bond acceptors (Lipinski definition) is 5. The van der Waals surface area contributed by atoms with Crippen molar-refractivity contribution in [3.8, 4) is 11.4 Å². The third-order valence-electron chi connectivity index (χ3n) is 4.47. The molecule has 0 bridgehead atoms. The molecule has 1 saturated heterocycles. The second kappa shape index (κ2) is 9.72. The summed E-state index contributed by atoms with van der Waals surface area (Å²) in [5.41, 5.74) is 2.08. The van der Waals surface area contributed by atoms with Gasteiger partial charge in [-0.05, 0) is 25.5 Å². The zero-order chi connectivity index (χ0) is 19.8. The summed E-state index contributed by atoms with van der Waals surface area (Å²) < 4.78 is 5.08. The summed E-state index contributed by atoms with van der Waals surface area (Å²) >= 11 is 0. The van der Waals surface area contributed by atoms with Crippen molar-refractivity contribution >= 4 is 12.1 Å². The Labute approximate surface area is 164 Å². The Hall–Kier alpha value is -3.10. The molecule has 0 spiro atoms. The predicted molar refractivity (Wildman–Crippen MR) is 107 cm³/mol. The van der Waals surface area contributed by atoms with E-state index in [0.717, 1.165) is 42.5 Å². The lowest BCUT2D eigenvalue weighted by Crippen LogP contribution is -2.53. The molecule has 1 aromatic heterocycles. The van der Waals surface area contributed by atoms with Crippen LogP contribution in [-0.2, 0) is 11.3 Å². The lowest BCUT2D eigenvalue weighted by Gasteiger charge is -2.35. The number of benzene rings is 1. The van der Waals surface area contributed by atoms with Crippen LogP contribution in [0.3, 0.4) is 0 Å². The molecule has 0 atom stereocenters. The van der Waals surface area contributed by atoms with Crippen molar-refractivity contribution < 1.29 is 9.53 Å². The molecule has 9 nitrogen and oxygen atoms in total. The minimum absolute atomic E-state index is 0.242. The monoisotopic (exact) mass is 385 g/mol. The lowest BCUT2D eigenvalue weighted by molar-refractivity contribution is 0.0914. The van der Waals surface area contributed by atoms with Gasteiger partial charge in [0.05, 0.1) is 13.2 Å². The highest BCUT2D eigenvalue weighted by Crippen LogP contribution is 2.16. The second-order valence-electron chi connectivity index (χ2n) is 6.38. The van der Waals surface area contributed by atoms with Crippen LogP contribution in [0.1, 0.15) is 19.4 Å². The van der Waals surface area contributed by atoms with Crippen LogP contribution in [0.15, 0.2) is 35.6 Å². The molecule has 0 aliphatic carbocycles. The minimum atomic E-state index is -0.242. The molecule has 2 aromatic rings. The summed E-state index contributed by atoms with van der Waals surface area (Å²) in [4.78, 5) is 24.8. The Kier molecular flexibility index (Phi) is 6.83. The largest absolute Gasteiger partial charge is 0.450 e. The summed E-state index contributed by atoms with van der Waals surface area (Å²) in [5.74, 6) is 1.60. The smallest absolute Gasteiger partial charge is 0.409 e. The molecular weight excluding hydrogens is 358 g/mol. The molecule has 1 aliphatic heterocycles. The first-order valence-electron chi connectivity index (χ1n) is 9.61. The van der Waals surface area contributed by atoms with Gasteiger partial charge < -0.3 is 19.9 Å². The van der Waals surface area contributed by atoms with E-state index in [0.29, 0.717) is 26.2 Å². The molecule has 3 rings (SSSR count). The zero-order valence-electron chi connectivity index (χ0n) is 16.4. The molecule has 2 heterocycles. The van der Waals surface area contributed by atoms with Crippen molar-refractivity contribution in [3.63, 3.8) is 0 Å². The van der Waals surface area contributed by atoms with Gasteiger partial charge in [-0.3, -0.25) is 5.10 Å². The van der Waals surface area contributed by atoms with Crippen LogP contribution in [0.4, 0.5) is 4.79 Å². The van der Waals surface area contributed by atoms with Crippen LogP contribution in [0.25, 0.3) is 11.4 Å². The van der Waals surface area contributed by atoms with Crippen LogP contribution >= 0.6 is 0 Å². The van der Waals surface area contributed by atoms with E-state index in [-0.39, 0.29) is 6.09 Å². The highest BCUT2D eigenvalue weighted by atomic mass is 16.6. The number of carbonyl (C=O) groups excluding carboxylic acids is 1. The number of guanidine groups is 1. The maximum Gasteiger partial charge on any atom is 0.409 e. The van der Waals surface area contributed by atoms with E-state index in [1.807, 2.05) is 25.1 Å². The van der Waals surface area contributed by atoms with Crippen molar-refractivity contribution in [1.82, 2.24) is 30.3 Å². The summed E-state index contributed by atoms with van der Waals surface area (Å²) in [5, 5.41) is 10.1. The molecular formula is C19H27N7O2. The Morgan fingerprint density at radius 2 is 2.04 bits per heavy atom. The number of piperazine rings is 1. The topological polar surface area (TPSA) is 98.7 Å². The summed E-state index contributed by atoms with van der Waals surface area (Å²) in [6, 6.07) is 8.10. The maximum atomic E-state index is 11.9. The molecule has 1 aliphatic rings. The highest BCUT2D eigenvalue weighted by molar-refractivity contribution is 5.80. The number of aliphatic imine (C=N–C) groups is 1. The Bertz CT molecular complexity index is 783. The van der Waals surface area contributed by atoms with Crippen LogP contribution in [0.5, 0.6) is 0 Å². The van der Waals surface area contributed by atoms with Gasteiger partial charge in [-0.25, -0.2) is 14.8 Å². The van der Waals surface area contributed by atoms with Crippen molar-refractivity contribution in [2.45, 2.75) is 20.4 Å². The molecule has 2 N–H and O–H groups in total. The van der Waals surface area contributed by atoms with E-state index in [2.05, 4.69) is 38.4 Å². The molecule has 9 heteroatoms. The fourth-order valence-corrected chi connectivity index (χ4v) is 3.07. The number of nitrogens with zero attached hydrogens (tertiary/aromatic N) is 5. The quantitative estimate of drug-likeness (QED) is 0.601. The molecule has 0 saturated carbocycles. The highest BCUT2D eigenvalue weighted by Gasteiger charge is 2.23. The van der Waals surface area contributed by atoms with Gasteiger partial charge >= 0.3 is 6.09 Å². The molecule has 1 amide bonds. The fourth-order valence-electron chi connectivity index (χ4n) is 3.07. The average Bonchev–Trinajstić information content (AvgIpc) is 3.27. The van der Waals surface area contributed by atoms with E-state index in [1.54, 1.807) is 4.90 Å². The summed E-state index contributed by atoms with van der Waals surface area (Å²) in [6.45, 7) is 8.32. The standard InChI is InChI=1S/C19H27N7O2/c1-3-20-18(25-8-10-26(11-9-25)19(27)28-4-2)21-13-15-6-5-7-16(12-15)17-22-14-23-24-17/h5-7,12,14H,3-4,8-11,13H2,1-2H3,(H,20,21)(H,22,23,24). The van der Waals surface area contributed by atoms with Gasteiger partial charge in [0.2, 0.25) is 0 Å². The lowest BCUT2D eigenvalue weighted by atomic mass is 10.1. The maximum absolute atomic E-state index is 11.9. The molecule has 1 fully saturated rings. The SMILES string of the molecule is CCNC(=NCc1cccc(-c2ncn[nH]2)c1)N1CCN(C(=O)OCC)CC1. The van der Waals surface area contributed by atoms with Gasteiger partial charge in [0, 0.05) is 38.3 Å². The van der Waals surface area contributed by atoms with Gasteiger partial charge in [-0.15, -0.1) is 0 Å². The third kappa shape index (κ3) is 4.99. The average molecular weight is 385 g/mol. The molecule has 28 heavy (non-hydrogen) atoms. The van der Waals surface area contributed by atoms with Gasteiger partial charge in [-0.2, -0.15) is 5.10 Å². The van der Waals surface area contributed by atoms with Crippen molar-refractivity contribution in [2.24, 2.45) is 4.99 Å². The zero-order valence-corrected chi connectivity index (χ0v) is 16.4. The van der Waals surface area contributed by atoms with Gasteiger partial charge in [0.25, 0.3) is 0 Å². The number of aromatic nitrogens is 3. The van der Waals surface area contributed by atoms with Crippen molar-refractivity contribution in [2.75, 3.05) is 39.3 Å². The third-order valence-corrected chi connectivity index (χ3v) is 4.47. The number of nitrogens with one attached hydrogen (secondary N) is 2. The Morgan fingerprint density at radius 3 is 2.71 bits per heavy atom. The number of amides is 1. The van der Waals surface area contributed by atoms with E-state index < -0.39 is 0 Å². The van der Waals surface area contributed by atoms with E-state index in [9.17, 15) is 4.79 Å². The first-order chi connectivity index (χ1) is 13.7. The molecule has 0 radical (unpaired) electrons. The van der Waals surface area contributed by atoms with Gasteiger partial charge in [0.1, 0.15) is 6.33 Å². The number of aromatic amines is 1. The normalized spacial score (nSPS) is 14.9. The predicted octanol–water partition coefficient (Wildman–Crippen LogP) is 1.71. The van der Waals surface area contributed by atoms with E-state index >= 15 is 0 Å². The molecule has 0 unspecified atom stereocenters. The number of rotatable bonds is 5. The second-order valence-corrected chi connectivity index (χ2v) is 6.38. The first-order valence-corrected chi connectivity index (χ1v) is 9.61. The van der Waals surface area contributed by atoms with Crippen LogP contribution in [0, 0.1) is 0 Å². The Balaban J connectivity index is 1.64. The summed E-state index contributed by atoms with van der Waals surface area (Å²) in [6.07, 6.45) is 1.26. The van der Waals surface area contributed by atoms with Crippen LogP contribution in [-0.4, -0.2) is 76.4 Å². The van der Waals surface area contributed by atoms with Crippen molar-refractivity contribution in [3.05, 3.63) is 36.2 Å². The first kappa shape index (κ1) is 19.7. The molecule has 150 valence electrons.